The lowest BCUT2D eigenvalue weighted by Gasteiger charge is -2.33. The number of guanidine groups is 1. The van der Waals surface area contributed by atoms with Gasteiger partial charge in [-0.25, -0.2) is 8.42 Å². The van der Waals surface area contributed by atoms with Crippen LogP contribution in [0.5, 0.6) is 0 Å². The largest absolute Gasteiger partial charge is 0.378 e. The molecule has 2 aromatic rings. The molecular formula is C25H38F2N6O4S. The van der Waals surface area contributed by atoms with Crippen molar-refractivity contribution in [1.29, 1.82) is 0 Å². The van der Waals surface area contributed by atoms with Gasteiger partial charge in [-0.1, -0.05) is 12.1 Å². The monoisotopic (exact) mass is 556 g/mol. The summed E-state index contributed by atoms with van der Waals surface area (Å²) in [6.45, 7) is 2.68. The molecule has 2 aromatic carbocycles. The fourth-order valence-electron chi connectivity index (χ4n) is 4.38. The van der Waals surface area contributed by atoms with E-state index in [0.717, 1.165) is 16.5 Å². The molecule has 212 valence electrons. The van der Waals surface area contributed by atoms with Gasteiger partial charge in [-0.05, 0) is 67.6 Å². The average Bonchev–Trinajstić information content (AvgIpc) is 2.84. The van der Waals surface area contributed by atoms with E-state index in [1.54, 1.807) is 30.0 Å². The Balaban J connectivity index is 0.00000361. The number of carbonyl (C=O) groups excluding carboxylic acids is 2. The molecule has 0 saturated carbocycles. The molecule has 1 aliphatic rings. The first-order chi connectivity index (χ1) is 17.0. The number of aliphatic imine (C=N–C) groups is 1. The molecule has 10 nitrogen and oxygen atoms in total. The van der Waals surface area contributed by atoms with E-state index in [9.17, 15) is 18.0 Å². The van der Waals surface area contributed by atoms with Gasteiger partial charge < -0.3 is 21.3 Å². The van der Waals surface area contributed by atoms with Gasteiger partial charge in [-0.2, -0.15) is 4.72 Å². The van der Waals surface area contributed by atoms with Gasteiger partial charge in [-0.15, -0.1) is 0 Å². The zero-order chi connectivity index (χ0) is 26.5. The maximum atomic E-state index is 13.3. The van der Waals surface area contributed by atoms with Gasteiger partial charge in [0.25, 0.3) is 0 Å². The van der Waals surface area contributed by atoms with Gasteiger partial charge >= 0.3 is 0 Å². The minimum Gasteiger partial charge on any atom is -0.378 e. The van der Waals surface area contributed by atoms with Crippen molar-refractivity contribution in [2.45, 2.75) is 43.5 Å². The Morgan fingerprint density at radius 3 is 2.26 bits per heavy atom. The third kappa shape index (κ3) is 8.35. The Bertz CT molecular complexity index is 1240. The Kier molecular flexibility index (Phi) is 12.1. The zero-order valence-electron chi connectivity index (χ0n) is 21.9. The number of hydrogen-bond acceptors (Lipinski definition) is 6. The van der Waals surface area contributed by atoms with Crippen molar-refractivity contribution in [3.63, 3.8) is 0 Å². The molecule has 1 fully saturated rings. The van der Waals surface area contributed by atoms with Crippen LogP contribution in [0.25, 0.3) is 10.8 Å². The molecule has 0 bridgehead atoms. The van der Waals surface area contributed by atoms with Crippen LogP contribution in [0.15, 0.2) is 46.3 Å². The SMILES string of the molecule is CC(=O)C1CCN(C(=O)[C@H](CCCN=C(N)N)NS(=O)(=O)c2ccc3cc(N(C)C)ccc3c2)CC1.F.F. The number of amides is 1. The van der Waals surface area contributed by atoms with Gasteiger partial charge in [0.1, 0.15) is 11.8 Å². The number of ketones is 1. The molecular weight excluding hydrogens is 518 g/mol. The highest BCUT2D eigenvalue weighted by Crippen LogP contribution is 2.25. The van der Waals surface area contributed by atoms with Crippen molar-refractivity contribution < 1.29 is 27.4 Å². The van der Waals surface area contributed by atoms with Gasteiger partial charge in [0.15, 0.2) is 5.96 Å². The van der Waals surface area contributed by atoms with E-state index in [2.05, 4.69) is 9.71 Å². The van der Waals surface area contributed by atoms with Crippen molar-refractivity contribution in [2.24, 2.45) is 22.4 Å². The molecule has 3 rings (SSSR count). The second kappa shape index (κ2) is 14.0. The van der Waals surface area contributed by atoms with Gasteiger partial charge in [-0.3, -0.25) is 24.0 Å². The van der Waals surface area contributed by atoms with Crippen LogP contribution in [-0.4, -0.2) is 70.7 Å². The van der Waals surface area contributed by atoms with Crippen LogP contribution in [-0.2, 0) is 19.6 Å². The quantitative estimate of drug-likeness (QED) is 0.229. The van der Waals surface area contributed by atoms with Crippen molar-refractivity contribution >= 4 is 44.1 Å². The highest BCUT2D eigenvalue weighted by molar-refractivity contribution is 7.89. The number of rotatable bonds is 10. The molecule has 0 aliphatic carbocycles. The minimum absolute atomic E-state index is 0. The summed E-state index contributed by atoms with van der Waals surface area (Å²) >= 11 is 0. The summed E-state index contributed by atoms with van der Waals surface area (Å²) in [6.07, 6.45) is 1.81. The summed E-state index contributed by atoms with van der Waals surface area (Å²) in [5, 5.41) is 1.70. The van der Waals surface area contributed by atoms with Crippen molar-refractivity contribution in [2.75, 3.05) is 38.6 Å². The first-order valence-electron chi connectivity index (χ1n) is 12.1. The summed E-state index contributed by atoms with van der Waals surface area (Å²) in [5.41, 5.74) is 11.8. The number of sulfonamides is 1. The maximum absolute atomic E-state index is 13.3. The highest BCUT2D eigenvalue weighted by atomic mass is 32.2. The average molecular weight is 557 g/mol. The molecule has 1 heterocycles. The van der Waals surface area contributed by atoms with Crippen LogP contribution < -0.4 is 21.1 Å². The van der Waals surface area contributed by atoms with Crippen LogP contribution in [0.3, 0.4) is 0 Å². The second-order valence-electron chi connectivity index (χ2n) is 9.42. The third-order valence-corrected chi connectivity index (χ3v) is 8.01. The van der Waals surface area contributed by atoms with Crippen LogP contribution in [0, 0.1) is 5.92 Å². The number of nitrogens with one attached hydrogen (secondary N) is 1. The van der Waals surface area contributed by atoms with E-state index in [1.807, 2.05) is 37.2 Å². The number of fused-ring (bicyclic) bond motifs is 1. The van der Waals surface area contributed by atoms with Gasteiger partial charge in [0.2, 0.25) is 15.9 Å². The molecule has 1 saturated heterocycles. The molecule has 5 N–H and O–H groups in total. The summed E-state index contributed by atoms with van der Waals surface area (Å²) in [6, 6.07) is 9.73. The predicted octanol–water partition coefficient (Wildman–Crippen LogP) is 1.74. The Hall–Kier alpha value is -3.32. The zero-order valence-corrected chi connectivity index (χ0v) is 22.7. The van der Waals surface area contributed by atoms with Crippen molar-refractivity contribution in [1.82, 2.24) is 9.62 Å². The van der Waals surface area contributed by atoms with E-state index in [0.29, 0.717) is 32.4 Å². The van der Waals surface area contributed by atoms with Gasteiger partial charge in [0.05, 0.1) is 4.90 Å². The molecule has 1 atom stereocenters. The molecule has 13 heteroatoms. The molecule has 0 aromatic heterocycles. The first-order valence-corrected chi connectivity index (χ1v) is 13.5. The number of likely N-dealkylation sites (tertiary alicyclic amines) is 1. The topological polar surface area (TPSA) is 151 Å². The Morgan fingerprint density at radius 1 is 1.08 bits per heavy atom. The van der Waals surface area contributed by atoms with Crippen LogP contribution in [0.1, 0.15) is 32.6 Å². The highest BCUT2D eigenvalue weighted by Gasteiger charge is 2.32. The van der Waals surface area contributed by atoms with Crippen LogP contribution in [0.4, 0.5) is 15.1 Å². The standard InChI is InChI=1S/C25H36N6O4S.2FH/c1-17(32)18-10-13-31(14-11-18)24(33)23(5-4-12-28-25(26)27)29-36(34,35)22-9-7-19-15-21(30(2)3)8-6-20(19)16-22;;/h6-9,15-16,18,23,29H,4-5,10-14H2,1-3H3,(H4,26,27,28);2*1H/t23-;;/m0../s1. The van der Waals surface area contributed by atoms with E-state index in [4.69, 9.17) is 11.5 Å². The second-order valence-corrected chi connectivity index (χ2v) is 11.1. The predicted molar refractivity (Wildman–Crippen MR) is 147 cm³/mol. The first kappa shape index (κ1) is 32.7. The number of hydrogen-bond donors (Lipinski definition) is 3. The number of anilines is 1. The minimum atomic E-state index is -3.99. The Labute approximate surface area is 222 Å². The molecule has 0 unspecified atom stereocenters. The fraction of sp³-hybridized carbons (Fsp3) is 0.480. The number of Topliss-reactive ketones (excluding diaryl/α,β-unsaturated/α-hetero) is 1. The fourth-order valence-corrected chi connectivity index (χ4v) is 5.63. The Morgan fingerprint density at radius 2 is 1.68 bits per heavy atom. The lowest BCUT2D eigenvalue weighted by Crippen LogP contribution is -2.51. The van der Waals surface area contributed by atoms with Crippen LogP contribution in [0.2, 0.25) is 0 Å². The lowest BCUT2D eigenvalue weighted by molar-refractivity contribution is -0.136. The number of benzene rings is 2. The number of halogens is 2. The third-order valence-electron chi connectivity index (χ3n) is 6.54. The van der Waals surface area contributed by atoms with Crippen molar-refractivity contribution in [3.8, 4) is 0 Å². The molecule has 0 spiro atoms. The van der Waals surface area contributed by atoms with Crippen molar-refractivity contribution in [3.05, 3.63) is 36.4 Å². The summed E-state index contributed by atoms with van der Waals surface area (Å²) < 4.78 is 29.3. The lowest BCUT2D eigenvalue weighted by atomic mass is 9.93. The van der Waals surface area contributed by atoms with E-state index < -0.39 is 16.1 Å². The summed E-state index contributed by atoms with van der Waals surface area (Å²) in [4.78, 5) is 32.7. The molecule has 38 heavy (non-hydrogen) atoms. The van der Waals surface area contributed by atoms with E-state index >= 15 is 0 Å². The smallest absolute Gasteiger partial charge is 0.241 e. The maximum Gasteiger partial charge on any atom is 0.241 e. The van der Waals surface area contributed by atoms with E-state index in [1.165, 1.54) is 0 Å². The normalized spacial score (nSPS) is 14.7. The number of nitrogens with zero attached hydrogens (tertiary/aromatic N) is 3. The molecule has 0 radical (unpaired) electrons. The summed E-state index contributed by atoms with van der Waals surface area (Å²) in [5.74, 6) is -0.303. The summed E-state index contributed by atoms with van der Waals surface area (Å²) in [7, 11) is -0.103. The van der Waals surface area contributed by atoms with Gasteiger partial charge in [0, 0.05) is 45.3 Å². The van der Waals surface area contributed by atoms with E-state index in [-0.39, 0.29) is 50.8 Å². The van der Waals surface area contributed by atoms with Crippen LogP contribution >= 0.6 is 0 Å². The number of nitrogens with two attached hydrogens (primary N) is 2. The number of piperidine rings is 1. The molecule has 1 aliphatic heterocycles. The molecule has 1 amide bonds. The number of carbonyl (C=O) groups is 2.